The molecule has 4 rings (SSSR count). The van der Waals surface area contributed by atoms with Crippen molar-refractivity contribution >= 4 is 22.8 Å². The van der Waals surface area contributed by atoms with Crippen LogP contribution in [-0.4, -0.2) is 36.5 Å². The van der Waals surface area contributed by atoms with E-state index in [2.05, 4.69) is 0 Å². The van der Waals surface area contributed by atoms with Crippen LogP contribution < -0.4 is 0 Å². The molecule has 1 aromatic heterocycles. The van der Waals surface area contributed by atoms with Crippen molar-refractivity contribution < 1.29 is 18.7 Å². The van der Waals surface area contributed by atoms with Gasteiger partial charge in [-0.05, 0) is 43.2 Å². The molecular weight excluding hydrogens is 342 g/mol. The van der Waals surface area contributed by atoms with Crippen LogP contribution in [-0.2, 0) is 20.7 Å². The van der Waals surface area contributed by atoms with Crippen LogP contribution in [0.4, 0.5) is 0 Å². The first-order valence-electron chi connectivity index (χ1n) is 10.0. The minimum atomic E-state index is -0.390. The van der Waals surface area contributed by atoms with Gasteiger partial charge in [-0.3, -0.25) is 9.59 Å². The van der Waals surface area contributed by atoms with E-state index < -0.39 is 0 Å². The van der Waals surface area contributed by atoms with E-state index >= 15 is 0 Å². The lowest BCUT2D eigenvalue weighted by Gasteiger charge is -2.41. The van der Waals surface area contributed by atoms with Gasteiger partial charge in [-0.1, -0.05) is 31.4 Å². The van der Waals surface area contributed by atoms with Crippen LogP contribution in [0.15, 0.2) is 28.9 Å². The zero-order valence-corrected chi connectivity index (χ0v) is 15.9. The molecule has 27 heavy (non-hydrogen) atoms. The van der Waals surface area contributed by atoms with Gasteiger partial charge in [0.05, 0.1) is 12.7 Å². The standard InChI is InChI=1S/C22H27NO4/c1-15-6-7-19-18(13-26-20(19)10-15)11-22(25)27-14-21(24)23-9-8-16-4-2-3-5-17(16)12-23/h6-7,10,13,16-17H,2-5,8-9,11-12,14H2,1H3/t16-,17-/m1/s1. The van der Waals surface area contributed by atoms with E-state index in [4.69, 9.17) is 9.15 Å². The summed E-state index contributed by atoms with van der Waals surface area (Å²) >= 11 is 0. The first-order chi connectivity index (χ1) is 13.1. The lowest BCUT2D eigenvalue weighted by molar-refractivity contribution is -0.152. The second-order valence-corrected chi connectivity index (χ2v) is 8.03. The van der Waals surface area contributed by atoms with E-state index in [0.717, 1.165) is 47.5 Å². The monoisotopic (exact) mass is 369 g/mol. The number of hydrogen-bond donors (Lipinski definition) is 0. The van der Waals surface area contributed by atoms with Crippen molar-refractivity contribution in [1.29, 1.82) is 0 Å². The fourth-order valence-corrected chi connectivity index (χ4v) is 4.59. The molecule has 1 amide bonds. The molecule has 0 spiro atoms. The Bertz CT molecular complexity index is 840. The Labute approximate surface area is 159 Å². The van der Waals surface area contributed by atoms with Crippen molar-refractivity contribution in [1.82, 2.24) is 4.90 Å². The zero-order valence-electron chi connectivity index (χ0n) is 15.9. The molecule has 2 aliphatic rings. The molecule has 2 aromatic rings. The number of aryl methyl sites for hydroxylation is 1. The molecule has 5 heteroatoms. The van der Waals surface area contributed by atoms with Crippen LogP contribution in [0.5, 0.6) is 0 Å². The second kappa shape index (κ2) is 7.75. The molecule has 1 saturated carbocycles. The number of rotatable bonds is 4. The maximum Gasteiger partial charge on any atom is 0.310 e. The highest BCUT2D eigenvalue weighted by Crippen LogP contribution is 2.36. The Morgan fingerprint density at radius 3 is 2.85 bits per heavy atom. The number of esters is 1. The van der Waals surface area contributed by atoms with E-state index in [9.17, 15) is 9.59 Å². The maximum absolute atomic E-state index is 12.5. The molecule has 1 aromatic carbocycles. The van der Waals surface area contributed by atoms with Gasteiger partial charge in [-0.2, -0.15) is 0 Å². The van der Waals surface area contributed by atoms with Gasteiger partial charge in [0.1, 0.15) is 5.58 Å². The summed E-state index contributed by atoms with van der Waals surface area (Å²) in [6, 6.07) is 5.89. The summed E-state index contributed by atoms with van der Waals surface area (Å²) < 4.78 is 10.8. The summed E-state index contributed by atoms with van der Waals surface area (Å²) in [4.78, 5) is 26.5. The molecule has 1 aliphatic heterocycles. The number of ether oxygens (including phenoxy) is 1. The first kappa shape index (κ1) is 18.1. The van der Waals surface area contributed by atoms with Gasteiger partial charge in [0.2, 0.25) is 0 Å². The molecule has 1 aliphatic carbocycles. The van der Waals surface area contributed by atoms with Gasteiger partial charge in [0.25, 0.3) is 5.91 Å². The molecule has 0 radical (unpaired) electrons. The Morgan fingerprint density at radius 2 is 2.00 bits per heavy atom. The minimum Gasteiger partial charge on any atom is -0.464 e. The third-order valence-electron chi connectivity index (χ3n) is 6.15. The number of likely N-dealkylation sites (tertiary alicyclic amines) is 1. The van der Waals surface area contributed by atoms with Gasteiger partial charge in [0.15, 0.2) is 6.61 Å². The van der Waals surface area contributed by atoms with E-state index in [0.29, 0.717) is 5.92 Å². The predicted molar refractivity (Wildman–Crippen MR) is 102 cm³/mol. The number of fused-ring (bicyclic) bond motifs is 2. The molecule has 2 fully saturated rings. The highest BCUT2D eigenvalue weighted by atomic mass is 16.5. The second-order valence-electron chi connectivity index (χ2n) is 8.03. The quantitative estimate of drug-likeness (QED) is 0.768. The van der Waals surface area contributed by atoms with Gasteiger partial charge in [-0.15, -0.1) is 0 Å². The topological polar surface area (TPSA) is 59.8 Å². The molecule has 2 atom stereocenters. The van der Waals surface area contributed by atoms with Crippen molar-refractivity contribution in [2.45, 2.75) is 45.4 Å². The Hall–Kier alpha value is -2.30. The molecule has 144 valence electrons. The molecule has 1 saturated heterocycles. The Balaban J connectivity index is 1.29. The van der Waals surface area contributed by atoms with Crippen LogP contribution >= 0.6 is 0 Å². The number of amides is 1. The number of carbonyl (C=O) groups is 2. The number of nitrogens with zero attached hydrogens (tertiary/aromatic N) is 1. The van der Waals surface area contributed by atoms with Gasteiger partial charge < -0.3 is 14.1 Å². The van der Waals surface area contributed by atoms with Gasteiger partial charge in [0, 0.05) is 24.0 Å². The van der Waals surface area contributed by atoms with E-state index in [1.807, 2.05) is 30.0 Å². The van der Waals surface area contributed by atoms with Crippen molar-refractivity contribution in [3.05, 3.63) is 35.6 Å². The largest absolute Gasteiger partial charge is 0.464 e. The van der Waals surface area contributed by atoms with E-state index in [-0.39, 0.29) is 24.9 Å². The predicted octanol–water partition coefficient (Wildman–Crippen LogP) is 3.87. The van der Waals surface area contributed by atoms with Crippen LogP contribution in [0.2, 0.25) is 0 Å². The summed E-state index contributed by atoms with van der Waals surface area (Å²) in [6.45, 7) is 3.46. The third-order valence-corrected chi connectivity index (χ3v) is 6.15. The van der Waals surface area contributed by atoms with E-state index in [1.54, 1.807) is 6.26 Å². The molecule has 5 nitrogen and oxygen atoms in total. The molecule has 0 unspecified atom stereocenters. The van der Waals surface area contributed by atoms with Crippen molar-refractivity contribution in [3.8, 4) is 0 Å². The fourth-order valence-electron chi connectivity index (χ4n) is 4.59. The number of piperidine rings is 1. The molecule has 0 bridgehead atoms. The van der Waals surface area contributed by atoms with Gasteiger partial charge >= 0.3 is 5.97 Å². The normalized spacial score (nSPS) is 22.5. The van der Waals surface area contributed by atoms with Crippen LogP contribution in [0.25, 0.3) is 11.0 Å². The molecule has 0 N–H and O–H groups in total. The maximum atomic E-state index is 12.5. The average Bonchev–Trinajstić information content (AvgIpc) is 3.07. The average molecular weight is 369 g/mol. The van der Waals surface area contributed by atoms with Gasteiger partial charge in [-0.25, -0.2) is 0 Å². The van der Waals surface area contributed by atoms with Crippen LogP contribution in [0.1, 0.15) is 43.2 Å². The number of carbonyl (C=O) groups excluding carboxylic acids is 2. The fraction of sp³-hybridized carbons (Fsp3) is 0.545. The van der Waals surface area contributed by atoms with Crippen molar-refractivity contribution in [2.24, 2.45) is 11.8 Å². The smallest absolute Gasteiger partial charge is 0.310 e. The number of furan rings is 1. The minimum absolute atomic E-state index is 0.0694. The summed E-state index contributed by atoms with van der Waals surface area (Å²) in [5, 5.41) is 0.920. The van der Waals surface area contributed by atoms with Crippen LogP contribution in [0.3, 0.4) is 0 Å². The van der Waals surface area contributed by atoms with Crippen molar-refractivity contribution in [3.63, 3.8) is 0 Å². The number of hydrogen-bond acceptors (Lipinski definition) is 4. The Morgan fingerprint density at radius 1 is 1.19 bits per heavy atom. The van der Waals surface area contributed by atoms with Crippen molar-refractivity contribution in [2.75, 3.05) is 19.7 Å². The lowest BCUT2D eigenvalue weighted by Crippen LogP contribution is -2.46. The lowest BCUT2D eigenvalue weighted by atomic mass is 9.75. The SMILES string of the molecule is Cc1ccc2c(CC(=O)OCC(=O)N3CC[C@H]4CCCC[C@@H]4C3)coc2c1. The Kier molecular flexibility index (Phi) is 5.19. The highest BCUT2D eigenvalue weighted by Gasteiger charge is 2.33. The van der Waals surface area contributed by atoms with Crippen LogP contribution in [0, 0.1) is 18.8 Å². The third kappa shape index (κ3) is 4.02. The molecule has 2 heterocycles. The first-order valence-corrected chi connectivity index (χ1v) is 10.0. The zero-order chi connectivity index (χ0) is 18.8. The highest BCUT2D eigenvalue weighted by molar-refractivity contribution is 5.87. The van der Waals surface area contributed by atoms with E-state index in [1.165, 1.54) is 25.7 Å². The summed E-state index contributed by atoms with van der Waals surface area (Å²) in [6.07, 6.45) is 7.94. The summed E-state index contributed by atoms with van der Waals surface area (Å²) in [5.74, 6) is 0.954. The summed E-state index contributed by atoms with van der Waals surface area (Å²) in [5.41, 5.74) is 2.67. The number of benzene rings is 1. The molecular formula is C22H27NO4. The summed E-state index contributed by atoms with van der Waals surface area (Å²) in [7, 11) is 0.